The number of halogens is 1. The van der Waals surface area contributed by atoms with E-state index in [0.29, 0.717) is 16.9 Å². The van der Waals surface area contributed by atoms with Gasteiger partial charge in [0.1, 0.15) is 5.82 Å². The van der Waals surface area contributed by atoms with Gasteiger partial charge in [0.05, 0.1) is 18.5 Å². The Morgan fingerprint density at radius 1 is 0.966 bits per heavy atom. The second-order valence-electron chi connectivity index (χ2n) is 6.70. The maximum atomic E-state index is 13.0. The van der Waals surface area contributed by atoms with E-state index in [9.17, 15) is 17.6 Å². The summed E-state index contributed by atoms with van der Waals surface area (Å²) in [7, 11) is -3.52. The van der Waals surface area contributed by atoms with Crippen LogP contribution >= 0.6 is 0 Å². The zero-order chi connectivity index (χ0) is 21.0. The lowest BCUT2D eigenvalue weighted by atomic mass is 10.1. The van der Waals surface area contributed by atoms with Crippen molar-refractivity contribution in [3.8, 4) is 0 Å². The monoisotopic (exact) mass is 412 g/mol. The van der Waals surface area contributed by atoms with Crippen molar-refractivity contribution in [3.05, 3.63) is 95.3 Å². The van der Waals surface area contributed by atoms with Crippen molar-refractivity contribution in [1.29, 1.82) is 0 Å². The first-order chi connectivity index (χ1) is 13.7. The summed E-state index contributed by atoms with van der Waals surface area (Å²) in [6, 6.07) is 19.3. The van der Waals surface area contributed by atoms with Gasteiger partial charge in [0, 0.05) is 11.3 Å². The number of benzene rings is 3. The molecule has 0 aromatic heterocycles. The number of carbonyl (C=O) groups excluding carboxylic acids is 1. The lowest BCUT2D eigenvalue weighted by Crippen LogP contribution is -2.29. The number of sulfonamides is 1. The maximum Gasteiger partial charge on any atom is 0.255 e. The minimum absolute atomic E-state index is 0.201. The van der Waals surface area contributed by atoms with Crippen LogP contribution in [0.15, 0.2) is 72.8 Å². The number of anilines is 2. The van der Waals surface area contributed by atoms with Crippen LogP contribution in [-0.4, -0.2) is 20.6 Å². The van der Waals surface area contributed by atoms with Gasteiger partial charge in [-0.25, -0.2) is 12.8 Å². The summed E-state index contributed by atoms with van der Waals surface area (Å²) < 4.78 is 39.0. The molecule has 0 unspecified atom stereocenters. The fraction of sp³-hybridized carbons (Fsp3) is 0.136. The van der Waals surface area contributed by atoms with E-state index in [1.54, 1.807) is 24.3 Å². The van der Waals surface area contributed by atoms with E-state index in [1.807, 2.05) is 31.2 Å². The summed E-state index contributed by atoms with van der Waals surface area (Å²) in [5.41, 5.74) is 3.20. The van der Waals surface area contributed by atoms with Crippen LogP contribution in [0.1, 0.15) is 21.5 Å². The summed E-state index contributed by atoms with van der Waals surface area (Å²) in [5, 5.41) is 2.67. The van der Waals surface area contributed by atoms with Crippen LogP contribution in [0.25, 0.3) is 0 Å². The number of hydrogen-bond acceptors (Lipinski definition) is 3. The Morgan fingerprint density at radius 3 is 2.17 bits per heavy atom. The third-order valence-corrected chi connectivity index (χ3v) is 5.64. The van der Waals surface area contributed by atoms with Crippen molar-refractivity contribution < 1.29 is 17.6 Å². The molecular formula is C22H21FN2O3S. The Balaban J connectivity index is 1.81. The fourth-order valence-electron chi connectivity index (χ4n) is 2.86. The second kappa shape index (κ2) is 8.45. The summed E-state index contributed by atoms with van der Waals surface area (Å²) in [6.07, 6.45) is 1.15. The topological polar surface area (TPSA) is 66.5 Å². The summed E-state index contributed by atoms with van der Waals surface area (Å²) in [5.74, 6) is -0.755. The summed E-state index contributed by atoms with van der Waals surface area (Å²) in [4.78, 5) is 12.4. The predicted octanol–water partition coefficient (Wildman–Crippen LogP) is 4.35. The van der Waals surface area contributed by atoms with Crippen LogP contribution in [0.3, 0.4) is 0 Å². The number of rotatable bonds is 6. The lowest BCUT2D eigenvalue weighted by Gasteiger charge is -2.23. The quantitative estimate of drug-likeness (QED) is 0.654. The van der Waals surface area contributed by atoms with E-state index in [4.69, 9.17) is 0 Å². The van der Waals surface area contributed by atoms with Crippen molar-refractivity contribution in [3.63, 3.8) is 0 Å². The van der Waals surface area contributed by atoms with Crippen molar-refractivity contribution in [2.75, 3.05) is 15.9 Å². The summed E-state index contributed by atoms with van der Waals surface area (Å²) in [6.45, 7) is 2.13. The highest BCUT2D eigenvalue weighted by Crippen LogP contribution is 2.23. The van der Waals surface area contributed by atoms with E-state index < -0.39 is 10.0 Å². The Kier molecular flexibility index (Phi) is 5.98. The number of amides is 1. The standard InChI is InChI=1S/C22H21FN2O3S/c1-16-5-3-4-6-18(16)15-25(29(2,27)28)21-13-7-17(8-14-21)22(26)24-20-11-9-19(23)10-12-20/h3-14H,15H2,1-2H3,(H,24,26). The Hall–Kier alpha value is -3.19. The van der Waals surface area contributed by atoms with Crippen molar-refractivity contribution in [2.24, 2.45) is 0 Å². The molecule has 1 amide bonds. The van der Waals surface area contributed by atoms with Crippen LogP contribution in [0.5, 0.6) is 0 Å². The highest BCUT2D eigenvalue weighted by atomic mass is 32.2. The molecule has 5 nitrogen and oxygen atoms in total. The van der Waals surface area contributed by atoms with Crippen LogP contribution in [0.4, 0.5) is 15.8 Å². The van der Waals surface area contributed by atoms with E-state index in [1.165, 1.54) is 28.6 Å². The molecule has 0 fully saturated rings. The smallest absolute Gasteiger partial charge is 0.255 e. The van der Waals surface area contributed by atoms with Gasteiger partial charge in [-0.05, 0) is 66.6 Å². The van der Waals surface area contributed by atoms with E-state index in [-0.39, 0.29) is 18.3 Å². The Morgan fingerprint density at radius 2 is 1.59 bits per heavy atom. The van der Waals surface area contributed by atoms with Gasteiger partial charge < -0.3 is 5.32 Å². The van der Waals surface area contributed by atoms with Gasteiger partial charge in [-0.1, -0.05) is 24.3 Å². The first kappa shape index (κ1) is 20.5. The van der Waals surface area contributed by atoms with Crippen LogP contribution in [0.2, 0.25) is 0 Å². The highest BCUT2D eigenvalue weighted by molar-refractivity contribution is 7.92. The molecule has 1 N–H and O–H groups in total. The zero-order valence-electron chi connectivity index (χ0n) is 16.1. The van der Waals surface area contributed by atoms with Gasteiger partial charge in [-0.2, -0.15) is 0 Å². The summed E-state index contributed by atoms with van der Waals surface area (Å²) >= 11 is 0. The number of nitrogens with zero attached hydrogens (tertiary/aromatic N) is 1. The molecule has 0 radical (unpaired) electrons. The van der Waals surface area contributed by atoms with Crippen molar-refractivity contribution in [1.82, 2.24) is 0 Å². The number of hydrogen-bond donors (Lipinski definition) is 1. The third kappa shape index (κ3) is 5.20. The molecule has 0 aliphatic rings. The normalized spacial score (nSPS) is 11.1. The van der Waals surface area contributed by atoms with Crippen molar-refractivity contribution in [2.45, 2.75) is 13.5 Å². The first-order valence-electron chi connectivity index (χ1n) is 8.93. The molecule has 0 bridgehead atoms. The van der Waals surface area contributed by atoms with Gasteiger partial charge in [0.2, 0.25) is 10.0 Å². The maximum absolute atomic E-state index is 13.0. The van der Waals surface area contributed by atoms with Crippen molar-refractivity contribution >= 4 is 27.3 Å². The number of carbonyl (C=O) groups is 1. The van der Waals surface area contributed by atoms with Gasteiger partial charge in [-0.15, -0.1) is 0 Å². The van der Waals surface area contributed by atoms with Gasteiger partial charge >= 0.3 is 0 Å². The molecule has 7 heteroatoms. The molecule has 0 heterocycles. The Bertz CT molecular complexity index is 1110. The predicted molar refractivity (Wildman–Crippen MR) is 113 cm³/mol. The molecule has 0 saturated carbocycles. The van der Waals surface area contributed by atoms with Gasteiger partial charge in [0.25, 0.3) is 5.91 Å². The van der Waals surface area contributed by atoms with Gasteiger partial charge in [0.15, 0.2) is 0 Å². The molecule has 3 rings (SSSR count). The molecule has 3 aromatic rings. The van der Waals surface area contributed by atoms with E-state index >= 15 is 0 Å². The third-order valence-electron chi connectivity index (χ3n) is 4.50. The lowest BCUT2D eigenvalue weighted by molar-refractivity contribution is 0.102. The largest absolute Gasteiger partial charge is 0.322 e. The minimum atomic E-state index is -3.52. The number of nitrogens with one attached hydrogen (secondary N) is 1. The molecule has 0 spiro atoms. The fourth-order valence-corrected chi connectivity index (χ4v) is 3.74. The molecule has 3 aromatic carbocycles. The molecule has 0 atom stereocenters. The molecule has 0 saturated heterocycles. The minimum Gasteiger partial charge on any atom is -0.322 e. The zero-order valence-corrected chi connectivity index (χ0v) is 16.9. The SMILES string of the molecule is Cc1ccccc1CN(c1ccc(C(=O)Nc2ccc(F)cc2)cc1)S(C)(=O)=O. The number of aryl methyl sites for hydroxylation is 1. The molecule has 0 aliphatic carbocycles. The average Bonchev–Trinajstić information content (AvgIpc) is 2.68. The second-order valence-corrected chi connectivity index (χ2v) is 8.61. The Labute approximate surface area is 169 Å². The first-order valence-corrected chi connectivity index (χ1v) is 10.8. The van der Waals surface area contributed by atoms with Crippen LogP contribution < -0.4 is 9.62 Å². The highest BCUT2D eigenvalue weighted by Gasteiger charge is 2.19. The molecule has 0 aliphatic heterocycles. The van der Waals surface area contributed by atoms with Crippen LogP contribution in [0, 0.1) is 12.7 Å². The van der Waals surface area contributed by atoms with Crippen LogP contribution in [-0.2, 0) is 16.6 Å². The van der Waals surface area contributed by atoms with Gasteiger partial charge in [-0.3, -0.25) is 9.10 Å². The van der Waals surface area contributed by atoms with E-state index in [2.05, 4.69) is 5.32 Å². The molecule has 150 valence electrons. The average molecular weight is 412 g/mol. The molecule has 29 heavy (non-hydrogen) atoms. The van der Waals surface area contributed by atoms with E-state index in [0.717, 1.165) is 17.4 Å². The molecular weight excluding hydrogens is 391 g/mol.